The molecule has 42 heavy (non-hydrogen) atoms. The third-order valence-electron chi connectivity index (χ3n) is 8.13. The van der Waals surface area contributed by atoms with E-state index in [0.717, 1.165) is 18.4 Å². The molecule has 11 heteroatoms. The molecule has 1 atom stereocenters. The topological polar surface area (TPSA) is 134 Å². The molecule has 0 radical (unpaired) electrons. The Morgan fingerprint density at radius 3 is 2.64 bits per heavy atom. The fourth-order valence-corrected chi connectivity index (χ4v) is 5.67. The van der Waals surface area contributed by atoms with Crippen molar-refractivity contribution in [2.75, 3.05) is 43.6 Å². The van der Waals surface area contributed by atoms with E-state index < -0.39 is 11.6 Å². The second-order valence-electron chi connectivity index (χ2n) is 11.3. The summed E-state index contributed by atoms with van der Waals surface area (Å²) in [5.74, 6) is 1.66. The van der Waals surface area contributed by atoms with E-state index in [2.05, 4.69) is 22.2 Å². The van der Waals surface area contributed by atoms with E-state index >= 15 is 0 Å². The minimum atomic E-state index is -0.599. The number of nitrogens with zero attached hydrogens (tertiary/aromatic N) is 5. The number of amides is 1. The van der Waals surface area contributed by atoms with Gasteiger partial charge in [0, 0.05) is 26.0 Å². The van der Waals surface area contributed by atoms with E-state index in [4.69, 9.17) is 24.4 Å². The highest BCUT2D eigenvalue weighted by atomic mass is 16.5. The standard InChI is InChI=1S/C31H35N7O4/c1-4-14-38-28(40)21-10-11-24(34-25(21)30(38,2)3)35-29-32-17-22(27-37-31(19-42-27)12-15-41-16-13-31)26(36-29)33-23(18-39)20-8-6-5-7-9-20/h4-11,17,23,39H,1,12-16,18-19H2,2-3H3,(H2,32,33,34,35,36)/t23-/m1/s1. The average molecular weight is 570 g/mol. The first-order valence-corrected chi connectivity index (χ1v) is 14.2. The maximum atomic E-state index is 13.0. The Morgan fingerprint density at radius 2 is 1.90 bits per heavy atom. The number of ether oxygens (including phenoxy) is 2. The van der Waals surface area contributed by atoms with Crippen LogP contribution >= 0.6 is 0 Å². The predicted octanol–water partition coefficient (Wildman–Crippen LogP) is 3.96. The molecule has 218 valence electrons. The Hall–Kier alpha value is -4.35. The molecule has 0 saturated carbocycles. The van der Waals surface area contributed by atoms with E-state index in [1.165, 1.54) is 0 Å². The number of rotatable bonds is 9. The van der Waals surface area contributed by atoms with Crippen molar-refractivity contribution in [2.45, 2.75) is 43.8 Å². The van der Waals surface area contributed by atoms with Gasteiger partial charge in [-0.1, -0.05) is 36.4 Å². The van der Waals surface area contributed by atoms with Crippen LogP contribution in [-0.4, -0.2) is 75.3 Å². The van der Waals surface area contributed by atoms with E-state index in [1.54, 1.807) is 29.3 Å². The number of aliphatic imine (C=N–C) groups is 1. The van der Waals surface area contributed by atoms with Crippen molar-refractivity contribution in [1.82, 2.24) is 19.9 Å². The van der Waals surface area contributed by atoms with Gasteiger partial charge in [-0.2, -0.15) is 4.98 Å². The third kappa shape index (κ3) is 5.10. The number of pyridine rings is 1. The Kier molecular flexibility index (Phi) is 7.38. The summed E-state index contributed by atoms with van der Waals surface area (Å²) in [7, 11) is 0. The first kappa shape index (κ1) is 27.8. The van der Waals surface area contributed by atoms with Crippen molar-refractivity contribution in [2.24, 2.45) is 4.99 Å². The Labute approximate surface area is 244 Å². The number of aliphatic hydroxyl groups is 1. The molecule has 6 rings (SSSR count). The van der Waals surface area contributed by atoms with Crippen LogP contribution in [0.3, 0.4) is 0 Å². The van der Waals surface area contributed by atoms with Gasteiger partial charge >= 0.3 is 0 Å². The molecule has 0 aliphatic carbocycles. The SMILES string of the molecule is C=CCN1C(=O)c2ccc(Nc3ncc(C4=NC5(CCOCC5)CO4)c(N[C@H](CO)c4ccccc4)n3)nc2C1(C)C. The second-order valence-corrected chi connectivity index (χ2v) is 11.3. The van der Waals surface area contributed by atoms with Crippen molar-refractivity contribution in [3.05, 3.63) is 83.7 Å². The molecule has 11 nitrogen and oxygen atoms in total. The number of hydrogen-bond acceptors (Lipinski definition) is 10. The minimum Gasteiger partial charge on any atom is -0.475 e. The molecule has 1 amide bonds. The fourth-order valence-electron chi connectivity index (χ4n) is 5.67. The van der Waals surface area contributed by atoms with E-state index in [-0.39, 0.29) is 18.1 Å². The van der Waals surface area contributed by atoms with Crippen molar-refractivity contribution in [3.8, 4) is 0 Å². The Morgan fingerprint density at radius 1 is 1.12 bits per heavy atom. The van der Waals surface area contributed by atoms with Crippen LogP contribution in [0.5, 0.6) is 0 Å². The summed E-state index contributed by atoms with van der Waals surface area (Å²) in [5, 5.41) is 16.9. The van der Waals surface area contributed by atoms with Gasteiger partial charge in [0.25, 0.3) is 5.91 Å². The van der Waals surface area contributed by atoms with Gasteiger partial charge in [0.05, 0.1) is 35.0 Å². The molecule has 3 N–H and O–H groups in total. The molecule has 1 saturated heterocycles. The lowest BCUT2D eigenvalue weighted by atomic mass is 9.92. The molecule has 1 aromatic carbocycles. The summed E-state index contributed by atoms with van der Waals surface area (Å²) in [5.41, 5.74) is 1.85. The lowest BCUT2D eigenvalue weighted by Gasteiger charge is -2.30. The summed E-state index contributed by atoms with van der Waals surface area (Å²) in [4.78, 5) is 33.8. The summed E-state index contributed by atoms with van der Waals surface area (Å²) < 4.78 is 11.6. The summed E-state index contributed by atoms with van der Waals surface area (Å²) >= 11 is 0. The van der Waals surface area contributed by atoms with Crippen LogP contribution in [0.25, 0.3) is 0 Å². The molecule has 5 heterocycles. The normalized spacial score (nSPS) is 19.2. The van der Waals surface area contributed by atoms with E-state index in [1.807, 2.05) is 44.2 Å². The number of aliphatic hydroxyl groups excluding tert-OH is 1. The highest BCUT2D eigenvalue weighted by molar-refractivity contribution is 6.00. The molecule has 1 spiro atoms. The summed E-state index contributed by atoms with van der Waals surface area (Å²) in [6, 6.07) is 12.8. The van der Waals surface area contributed by atoms with E-state index in [0.29, 0.717) is 66.7 Å². The minimum absolute atomic E-state index is 0.0726. The number of nitrogens with one attached hydrogen (secondary N) is 2. The van der Waals surface area contributed by atoms with Gasteiger partial charge in [-0.3, -0.25) is 4.79 Å². The number of benzene rings is 1. The van der Waals surface area contributed by atoms with Crippen molar-refractivity contribution < 1.29 is 19.4 Å². The van der Waals surface area contributed by atoms with Crippen LogP contribution in [0, 0.1) is 0 Å². The molecule has 3 aliphatic rings. The average Bonchev–Trinajstić information content (AvgIpc) is 3.48. The van der Waals surface area contributed by atoms with Crippen LogP contribution in [0.2, 0.25) is 0 Å². The monoisotopic (exact) mass is 569 g/mol. The molecule has 0 bridgehead atoms. The molecule has 2 aromatic heterocycles. The molecule has 0 unspecified atom stereocenters. The van der Waals surface area contributed by atoms with Gasteiger partial charge in [0.1, 0.15) is 23.8 Å². The number of hydrogen-bond donors (Lipinski definition) is 3. The Bertz CT molecular complexity index is 1520. The lowest BCUT2D eigenvalue weighted by molar-refractivity contribution is 0.0442. The lowest BCUT2D eigenvalue weighted by Crippen LogP contribution is -2.39. The zero-order valence-corrected chi connectivity index (χ0v) is 23.8. The van der Waals surface area contributed by atoms with Crippen LogP contribution in [-0.2, 0) is 15.0 Å². The van der Waals surface area contributed by atoms with Gasteiger partial charge in [0.2, 0.25) is 11.8 Å². The summed E-state index contributed by atoms with van der Waals surface area (Å²) in [6.45, 7) is 9.77. The van der Waals surface area contributed by atoms with Crippen molar-refractivity contribution >= 4 is 29.4 Å². The second kappa shape index (κ2) is 11.1. The zero-order valence-electron chi connectivity index (χ0n) is 23.8. The van der Waals surface area contributed by atoms with Gasteiger partial charge in [-0.05, 0) is 44.4 Å². The first-order chi connectivity index (χ1) is 20.3. The van der Waals surface area contributed by atoms with Gasteiger partial charge in [-0.15, -0.1) is 6.58 Å². The number of aromatic nitrogens is 3. The molecule has 3 aliphatic heterocycles. The predicted molar refractivity (Wildman–Crippen MR) is 159 cm³/mol. The van der Waals surface area contributed by atoms with Gasteiger partial charge < -0.3 is 30.1 Å². The van der Waals surface area contributed by atoms with Crippen LogP contribution < -0.4 is 10.6 Å². The maximum absolute atomic E-state index is 13.0. The van der Waals surface area contributed by atoms with Gasteiger partial charge in [0.15, 0.2) is 0 Å². The molecular formula is C31H35N7O4. The van der Waals surface area contributed by atoms with Crippen molar-refractivity contribution in [1.29, 1.82) is 0 Å². The fraction of sp³-hybridized carbons (Fsp3) is 0.387. The highest BCUT2D eigenvalue weighted by Crippen LogP contribution is 2.38. The highest BCUT2D eigenvalue weighted by Gasteiger charge is 2.44. The largest absolute Gasteiger partial charge is 0.475 e. The van der Waals surface area contributed by atoms with E-state index in [9.17, 15) is 9.90 Å². The van der Waals surface area contributed by atoms with Crippen LogP contribution in [0.1, 0.15) is 59.9 Å². The molecular weight excluding hydrogens is 534 g/mol. The summed E-state index contributed by atoms with van der Waals surface area (Å²) in [6.07, 6.45) is 4.96. The van der Waals surface area contributed by atoms with Crippen LogP contribution in [0.15, 0.2) is 66.3 Å². The third-order valence-corrected chi connectivity index (χ3v) is 8.13. The number of carbonyl (C=O) groups is 1. The van der Waals surface area contributed by atoms with Crippen molar-refractivity contribution in [3.63, 3.8) is 0 Å². The Balaban J connectivity index is 1.33. The van der Waals surface area contributed by atoms with Crippen LogP contribution in [0.4, 0.5) is 17.6 Å². The smallest absolute Gasteiger partial charge is 0.256 e. The zero-order chi connectivity index (χ0) is 29.3. The quantitative estimate of drug-likeness (QED) is 0.327. The number of fused-ring (bicyclic) bond motifs is 1. The number of anilines is 3. The maximum Gasteiger partial charge on any atom is 0.256 e. The first-order valence-electron chi connectivity index (χ1n) is 14.2. The molecule has 1 fully saturated rings. The molecule has 3 aromatic rings. The number of carbonyl (C=O) groups excluding carboxylic acids is 1. The van der Waals surface area contributed by atoms with Gasteiger partial charge in [-0.25, -0.2) is 15.0 Å².